The molecular weight excluding hydrogens is 364 g/mol. The van der Waals surface area contributed by atoms with Gasteiger partial charge in [-0.25, -0.2) is 0 Å². The predicted octanol–water partition coefficient (Wildman–Crippen LogP) is 4.67. The number of carbonyl (C=O) groups excluding carboxylic acids is 1. The summed E-state index contributed by atoms with van der Waals surface area (Å²) in [6, 6.07) is 23.4. The number of fused-ring (bicyclic) bond motifs is 1. The van der Waals surface area contributed by atoms with Crippen molar-refractivity contribution in [1.82, 2.24) is 9.55 Å². The topological polar surface area (TPSA) is 53.4 Å². The van der Waals surface area contributed by atoms with Crippen LogP contribution in [0, 0.1) is 6.92 Å². The molecule has 0 unspecified atom stereocenters. The maximum Gasteiger partial charge on any atom is 0.326 e. The van der Waals surface area contributed by atoms with Gasteiger partial charge in [-0.05, 0) is 54.3 Å². The molecule has 4 aromatic rings. The third-order valence-corrected chi connectivity index (χ3v) is 4.74. The smallest absolute Gasteiger partial charge is 0.326 e. The number of esters is 1. The fourth-order valence-electron chi connectivity index (χ4n) is 3.22. The van der Waals surface area contributed by atoms with E-state index in [1.54, 1.807) is 6.20 Å². The van der Waals surface area contributed by atoms with Gasteiger partial charge in [0, 0.05) is 17.4 Å². The van der Waals surface area contributed by atoms with Gasteiger partial charge in [0.05, 0.1) is 5.69 Å². The van der Waals surface area contributed by atoms with E-state index in [0.29, 0.717) is 6.61 Å². The normalized spacial score (nSPS) is 10.8. The monoisotopic (exact) mass is 386 g/mol. The standard InChI is InChI=1S/C24H22N2O3/c1-18-14-20-6-2-3-8-23(20)26(18)15-24(27)29-16-19-9-11-22(12-10-19)28-17-21-7-4-5-13-25-21/h2-14H,15-17H2,1H3. The fraction of sp³-hybridized carbons (Fsp3) is 0.167. The van der Waals surface area contributed by atoms with Crippen LogP contribution < -0.4 is 4.74 Å². The lowest BCUT2D eigenvalue weighted by molar-refractivity contribution is -0.145. The Morgan fingerprint density at radius 2 is 1.76 bits per heavy atom. The Morgan fingerprint density at radius 3 is 2.55 bits per heavy atom. The summed E-state index contributed by atoms with van der Waals surface area (Å²) in [6.45, 7) is 2.85. The fourth-order valence-corrected chi connectivity index (χ4v) is 3.22. The predicted molar refractivity (Wildman–Crippen MR) is 111 cm³/mol. The van der Waals surface area contributed by atoms with Crippen LogP contribution in [0.15, 0.2) is 79.0 Å². The van der Waals surface area contributed by atoms with Crippen LogP contribution in [0.1, 0.15) is 17.0 Å². The highest BCUT2D eigenvalue weighted by Crippen LogP contribution is 2.19. The van der Waals surface area contributed by atoms with Gasteiger partial charge < -0.3 is 14.0 Å². The summed E-state index contributed by atoms with van der Waals surface area (Å²) in [5.74, 6) is 0.491. The molecule has 0 saturated heterocycles. The number of hydrogen-bond acceptors (Lipinski definition) is 4. The summed E-state index contributed by atoms with van der Waals surface area (Å²) >= 11 is 0. The van der Waals surface area contributed by atoms with E-state index in [1.807, 2.05) is 78.2 Å². The number of ether oxygens (including phenoxy) is 2. The molecular formula is C24H22N2O3. The number of benzene rings is 2. The van der Waals surface area contributed by atoms with Crippen LogP contribution in [0.5, 0.6) is 5.75 Å². The van der Waals surface area contributed by atoms with Crippen molar-refractivity contribution in [2.75, 3.05) is 0 Å². The van der Waals surface area contributed by atoms with E-state index in [1.165, 1.54) is 0 Å². The molecule has 5 heteroatoms. The molecule has 4 rings (SSSR count). The highest BCUT2D eigenvalue weighted by molar-refractivity contribution is 5.83. The second kappa shape index (κ2) is 8.61. The molecule has 146 valence electrons. The molecule has 0 atom stereocenters. The first-order chi connectivity index (χ1) is 14.2. The number of nitrogens with zero attached hydrogens (tertiary/aromatic N) is 2. The molecule has 0 saturated carbocycles. The average Bonchev–Trinajstić information content (AvgIpc) is 3.07. The zero-order chi connectivity index (χ0) is 20.1. The van der Waals surface area contributed by atoms with Crippen LogP contribution in [0.25, 0.3) is 10.9 Å². The molecule has 0 aliphatic heterocycles. The van der Waals surface area contributed by atoms with E-state index in [4.69, 9.17) is 9.47 Å². The number of hydrogen-bond donors (Lipinski definition) is 0. The summed E-state index contributed by atoms with van der Waals surface area (Å²) in [4.78, 5) is 16.6. The molecule has 0 radical (unpaired) electrons. The molecule has 0 fully saturated rings. The summed E-state index contributed by atoms with van der Waals surface area (Å²) in [5, 5.41) is 1.12. The number of pyridine rings is 1. The minimum absolute atomic E-state index is 0.199. The lowest BCUT2D eigenvalue weighted by atomic mass is 10.2. The van der Waals surface area contributed by atoms with Gasteiger partial charge in [-0.15, -0.1) is 0 Å². The molecule has 0 aliphatic rings. The number of aromatic nitrogens is 2. The Labute approximate surface area is 169 Å². The first-order valence-corrected chi connectivity index (χ1v) is 9.51. The molecule has 0 N–H and O–H groups in total. The van der Waals surface area contributed by atoms with Gasteiger partial charge in [-0.3, -0.25) is 9.78 Å². The molecule has 2 heterocycles. The molecule has 0 spiro atoms. The Hall–Kier alpha value is -3.60. The van der Waals surface area contributed by atoms with Crippen molar-refractivity contribution in [3.05, 3.63) is 95.9 Å². The van der Waals surface area contributed by atoms with Crippen LogP contribution in [0.4, 0.5) is 0 Å². The molecule has 2 aromatic heterocycles. The van der Waals surface area contributed by atoms with Gasteiger partial charge >= 0.3 is 5.97 Å². The minimum Gasteiger partial charge on any atom is -0.487 e. The van der Waals surface area contributed by atoms with Crippen LogP contribution in [0.3, 0.4) is 0 Å². The van der Waals surface area contributed by atoms with E-state index < -0.39 is 0 Å². The molecule has 0 bridgehead atoms. The summed E-state index contributed by atoms with van der Waals surface area (Å²) in [5.41, 5.74) is 3.87. The number of aryl methyl sites for hydroxylation is 1. The average molecular weight is 386 g/mol. The number of carbonyl (C=O) groups is 1. The Morgan fingerprint density at radius 1 is 0.966 bits per heavy atom. The van der Waals surface area contributed by atoms with Gasteiger partial charge in [-0.1, -0.05) is 36.4 Å². The van der Waals surface area contributed by atoms with E-state index in [0.717, 1.165) is 33.6 Å². The summed E-state index contributed by atoms with van der Waals surface area (Å²) < 4.78 is 13.2. The third-order valence-electron chi connectivity index (χ3n) is 4.74. The Balaban J connectivity index is 1.30. The van der Waals surface area contributed by atoms with E-state index in [2.05, 4.69) is 11.1 Å². The highest BCUT2D eigenvalue weighted by Gasteiger charge is 2.10. The van der Waals surface area contributed by atoms with Gasteiger partial charge in [0.1, 0.15) is 25.5 Å². The van der Waals surface area contributed by atoms with Gasteiger partial charge in [0.15, 0.2) is 0 Å². The van der Waals surface area contributed by atoms with E-state index in [-0.39, 0.29) is 19.1 Å². The van der Waals surface area contributed by atoms with Crippen molar-refractivity contribution < 1.29 is 14.3 Å². The number of rotatable bonds is 7. The van der Waals surface area contributed by atoms with E-state index >= 15 is 0 Å². The maximum absolute atomic E-state index is 12.3. The molecule has 5 nitrogen and oxygen atoms in total. The molecule has 0 aliphatic carbocycles. The third kappa shape index (κ3) is 4.63. The van der Waals surface area contributed by atoms with Crippen molar-refractivity contribution in [2.24, 2.45) is 0 Å². The Bertz CT molecular complexity index is 1100. The maximum atomic E-state index is 12.3. The second-order valence-electron chi connectivity index (χ2n) is 6.85. The molecule has 2 aromatic carbocycles. The lowest BCUT2D eigenvalue weighted by Gasteiger charge is -2.10. The minimum atomic E-state index is -0.259. The summed E-state index contributed by atoms with van der Waals surface area (Å²) in [6.07, 6.45) is 1.74. The van der Waals surface area contributed by atoms with E-state index in [9.17, 15) is 4.79 Å². The SMILES string of the molecule is Cc1cc2ccccc2n1CC(=O)OCc1ccc(OCc2ccccn2)cc1. The zero-order valence-electron chi connectivity index (χ0n) is 16.2. The van der Waals surface area contributed by atoms with Crippen LogP contribution in [-0.4, -0.2) is 15.5 Å². The van der Waals surface area contributed by atoms with Gasteiger partial charge in [0.25, 0.3) is 0 Å². The van der Waals surface area contributed by atoms with Crippen LogP contribution in [-0.2, 0) is 29.3 Å². The van der Waals surface area contributed by atoms with Gasteiger partial charge in [0.2, 0.25) is 0 Å². The van der Waals surface area contributed by atoms with Crippen molar-refractivity contribution >= 4 is 16.9 Å². The van der Waals surface area contributed by atoms with Crippen molar-refractivity contribution in [1.29, 1.82) is 0 Å². The number of para-hydroxylation sites is 1. The quantitative estimate of drug-likeness (QED) is 0.433. The first-order valence-electron chi connectivity index (χ1n) is 9.51. The van der Waals surface area contributed by atoms with Crippen molar-refractivity contribution in [2.45, 2.75) is 26.7 Å². The van der Waals surface area contributed by atoms with Crippen LogP contribution in [0.2, 0.25) is 0 Å². The van der Waals surface area contributed by atoms with Crippen LogP contribution >= 0.6 is 0 Å². The van der Waals surface area contributed by atoms with Crippen molar-refractivity contribution in [3.63, 3.8) is 0 Å². The lowest BCUT2D eigenvalue weighted by Crippen LogP contribution is -2.14. The van der Waals surface area contributed by atoms with Crippen molar-refractivity contribution in [3.8, 4) is 5.75 Å². The molecule has 0 amide bonds. The largest absolute Gasteiger partial charge is 0.487 e. The highest BCUT2D eigenvalue weighted by atomic mass is 16.5. The zero-order valence-corrected chi connectivity index (χ0v) is 16.2. The molecule has 29 heavy (non-hydrogen) atoms. The summed E-state index contributed by atoms with van der Waals surface area (Å²) in [7, 11) is 0. The van der Waals surface area contributed by atoms with Gasteiger partial charge in [-0.2, -0.15) is 0 Å². The Kier molecular flexibility index (Phi) is 5.56. The second-order valence-corrected chi connectivity index (χ2v) is 6.85. The first kappa shape index (κ1) is 18.7.